The lowest BCUT2D eigenvalue weighted by molar-refractivity contribution is -0.225. The summed E-state index contributed by atoms with van der Waals surface area (Å²) in [6.07, 6.45) is -18.6. The van der Waals surface area contributed by atoms with Crippen LogP contribution in [0.25, 0.3) is 10.8 Å². The number of ketones is 2. The van der Waals surface area contributed by atoms with E-state index >= 15 is 0 Å². The Labute approximate surface area is 179 Å². The van der Waals surface area contributed by atoms with Crippen molar-refractivity contribution in [3.05, 3.63) is 34.9 Å². The number of ether oxygens (including phenoxy) is 1. The standard InChI is InChI=1S/C19H13F9N2O3/c1-29-12-7-3-4-8-13(30(2)6-33-16(8)19(26,27)28)11(7)9(14(31)17(20,21)22)5-10(12)15(32)18(23,24)25/h3-5,16,29H,6H2,1-2H3. The number of hydrogen-bond donors (Lipinski definition) is 1. The van der Waals surface area contributed by atoms with Crippen LogP contribution in [-0.2, 0) is 4.74 Å². The van der Waals surface area contributed by atoms with Gasteiger partial charge in [-0.1, -0.05) is 12.1 Å². The predicted molar refractivity (Wildman–Crippen MR) is 97.4 cm³/mol. The van der Waals surface area contributed by atoms with Gasteiger partial charge in [0.15, 0.2) is 6.10 Å². The third-order valence-electron chi connectivity index (χ3n) is 4.96. The van der Waals surface area contributed by atoms with E-state index in [-0.39, 0.29) is 6.07 Å². The van der Waals surface area contributed by atoms with Gasteiger partial charge in [-0.3, -0.25) is 9.59 Å². The molecule has 0 aliphatic carbocycles. The molecule has 1 atom stereocenters. The molecule has 5 nitrogen and oxygen atoms in total. The van der Waals surface area contributed by atoms with Gasteiger partial charge in [-0.25, -0.2) is 0 Å². The van der Waals surface area contributed by atoms with E-state index in [0.29, 0.717) is 0 Å². The fourth-order valence-electron chi connectivity index (χ4n) is 3.69. The molecule has 1 aliphatic rings. The summed E-state index contributed by atoms with van der Waals surface area (Å²) in [5, 5.41) is 1.10. The van der Waals surface area contributed by atoms with E-state index in [1.165, 1.54) is 7.05 Å². The van der Waals surface area contributed by atoms with Crippen molar-refractivity contribution >= 4 is 33.7 Å². The predicted octanol–water partition coefficient (Wildman–Crippen LogP) is 5.40. The highest BCUT2D eigenvalue weighted by Crippen LogP contribution is 2.49. The number of rotatable bonds is 3. The van der Waals surface area contributed by atoms with Gasteiger partial charge >= 0.3 is 18.5 Å². The molecule has 0 saturated carbocycles. The number of nitrogens with one attached hydrogen (secondary N) is 1. The molecular formula is C19H13F9N2O3. The normalized spacial score (nSPS) is 17.2. The Hall–Kier alpha value is -3.03. The van der Waals surface area contributed by atoms with E-state index in [2.05, 4.69) is 5.32 Å². The molecule has 0 spiro atoms. The van der Waals surface area contributed by atoms with Crippen LogP contribution in [0.1, 0.15) is 32.4 Å². The first-order valence-electron chi connectivity index (χ1n) is 8.94. The summed E-state index contributed by atoms with van der Waals surface area (Å²) < 4.78 is 124. The SMILES string of the molecule is CNc1c(C(=O)C(F)(F)F)cc(C(=O)C(F)(F)F)c2c3c(ccc12)C(C(F)(F)F)OCN3C. The Bertz CT molecular complexity index is 1140. The van der Waals surface area contributed by atoms with E-state index in [9.17, 15) is 49.1 Å². The van der Waals surface area contributed by atoms with Gasteiger partial charge in [0.25, 0.3) is 11.6 Å². The van der Waals surface area contributed by atoms with Crippen LogP contribution in [0.5, 0.6) is 0 Å². The summed E-state index contributed by atoms with van der Waals surface area (Å²) in [6, 6.07) is 1.73. The second-order valence-electron chi connectivity index (χ2n) is 7.09. The maximum Gasteiger partial charge on any atom is 0.454 e. The number of halogens is 9. The number of alkyl halides is 9. The van der Waals surface area contributed by atoms with Crippen LogP contribution < -0.4 is 10.2 Å². The summed E-state index contributed by atoms with van der Waals surface area (Å²) in [4.78, 5) is 25.1. The minimum atomic E-state index is -5.59. The molecule has 0 aromatic heterocycles. The number of fused-ring (bicyclic) bond motifs is 3. The molecule has 0 amide bonds. The van der Waals surface area contributed by atoms with Gasteiger partial charge < -0.3 is 15.0 Å². The molecule has 1 aliphatic heterocycles. The minimum Gasteiger partial charge on any atom is -0.387 e. The zero-order valence-electron chi connectivity index (χ0n) is 16.6. The highest BCUT2D eigenvalue weighted by atomic mass is 19.4. The van der Waals surface area contributed by atoms with Crippen LogP contribution in [0, 0.1) is 0 Å². The van der Waals surface area contributed by atoms with Gasteiger partial charge in [-0.2, -0.15) is 39.5 Å². The van der Waals surface area contributed by atoms with Crippen molar-refractivity contribution in [2.75, 3.05) is 31.0 Å². The smallest absolute Gasteiger partial charge is 0.387 e. The highest BCUT2D eigenvalue weighted by molar-refractivity contribution is 6.22. The molecule has 3 rings (SSSR count). The molecule has 2 aromatic rings. The van der Waals surface area contributed by atoms with Crippen molar-refractivity contribution in [3.8, 4) is 0 Å². The zero-order valence-corrected chi connectivity index (χ0v) is 16.6. The monoisotopic (exact) mass is 488 g/mol. The van der Waals surface area contributed by atoms with Crippen molar-refractivity contribution in [1.82, 2.24) is 0 Å². The fraction of sp³-hybridized carbons (Fsp3) is 0.368. The Balaban J connectivity index is 2.53. The van der Waals surface area contributed by atoms with Gasteiger partial charge in [-0.05, 0) is 6.07 Å². The van der Waals surface area contributed by atoms with Gasteiger partial charge in [-0.15, -0.1) is 0 Å². The van der Waals surface area contributed by atoms with Crippen molar-refractivity contribution in [3.63, 3.8) is 0 Å². The lowest BCUT2D eigenvalue weighted by atomic mass is 9.89. The molecule has 1 N–H and O–H groups in total. The van der Waals surface area contributed by atoms with Crippen LogP contribution in [0.3, 0.4) is 0 Å². The number of carbonyl (C=O) groups is 2. The maximum atomic E-state index is 13.5. The van der Waals surface area contributed by atoms with Crippen LogP contribution >= 0.6 is 0 Å². The summed E-state index contributed by atoms with van der Waals surface area (Å²) in [5.41, 5.74) is -4.41. The summed E-state index contributed by atoms with van der Waals surface area (Å²) in [5.74, 6) is -5.16. The minimum absolute atomic E-state index is 0.103. The Morgan fingerprint density at radius 1 is 0.970 bits per heavy atom. The quantitative estimate of drug-likeness (QED) is 0.464. The molecule has 33 heavy (non-hydrogen) atoms. The summed E-state index contributed by atoms with van der Waals surface area (Å²) in [7, 11) is 2.23. The lowest BCUT2D eigenvalue weighted by Gasteiger charge is -2.36. The van der Waals surface area contributed by atoms with Crippen LogP contribution in [-0.4, -0.2) is 50.9 Å². The van der Waals surface area contributed by atoms with Gasteiger partial charge in [0.05, 0.1) is 16.9 Å². The lowest BCUT2D eigenvalue weighted by Crippen LogP contribution is -2.36. The van der Waals surface area contributed by atoms with E-state index < -0.39 is 81.8 Å². The number of carbonyl (C=O) groups excluding carboxylic acids is 2. The van der Waals surface area contributed by atoms with E-state index in [1.807, 2.05) is 0 Å². The third kappa shape index (κ3) is 4.18. The average molecular weight is 488 g/mol. The summed E-state index contributed by atoms with van der Waals surface area (Å²) >= 11 is 0. The second-order valence-corrected chi connectivity index (χ2v) is 7.09. The molecule has 2 aromatic carbocycles. The van der Waals surface area contributed by atoms with Crippen molar-refractivity contribution < 1.29 is 53.8 Å². The number of nitrogens with zero attached hydrogens (tertiary/aromatic N) is 1. The number of Topliss-reactive ketones (excluding diaryl/α,β-unsaturated/α-hetero) is 2. The van der Waals surface area contributed by atoms with Gasteiger partial charge in [0.2, 0.25) is 0 Å². The Kier molecular flexibility index (Phi) is 5.80. The Morgan fingerprint density at radius 2 is 1.52 bits per heavy atom. The first kappa shape index (κ1) is 24.6. The first-order chi connectivity index (χ1) is 15.0. The highest BCUT2D eigenvalue weighted by Gasteiger charge is 2.48. The van der Waals surface area contributed by atoms with Gasteiger partial charge in [0, 0.05) is 36.0 Å². The van der Waals surface area contributed by atoms with Gasteiger partial charge in [0.1, 0.15) is 6.73 Å². The van der Waals surface area contributed by atoms with E-state index in [1.54, 1.807) is 0 Å². The van der Waals surface area contributed by atoms with E-state index in [0.717, 1.165) is 24.1 Å². The topological polar surface area (TPSA) is 58.6 Å². The van der Waals surface area contributed by atoms with Crippen molar-refractivity contribution in [2.24, 2.45) is 0 Å². The average Bonchev–Trinajstić information content (AvgIpc) is 2.68. The summed E-state index contributed by atoms with van der Waals surface area (Å²) in [6.45, 7) is -0.742. The molecule has 0 saturated heterocycles. The van der Waals surface area contributed by atoms with Crippen LogP contribution in [0.15, 0.2) is 18.2 Å². The van der Waals surface area contributed by atoms with Crippen LogP contribution in [0.4, 0.5) is 50.9 Å². The molecule has 0 radical (unpaired) electrons. The molecule has 1 unspecified atom stereocenters. The Morgan fingerprint density at radius 3 is 2.00 bits per heavy atom. The molecule has 0 bridgehead atoms. The number of hydrogen-bond acceptors (Lipinski definition) is 5. The molecule has 0 fully saturated rings. The first-order valence-corrected chi connectivity index (χ1v) is 8.94. The number of anilines is 2. The maximum absolute atomic E-state index is 13.5. The third-order valence-corrected chi connectivity index (χ3v) is 4.96. The van der Waals surface area contributed by atoms with Crippen molar-refractivity contribution in [2.45, 2.75) is 24.6 Å². The van der Waals surface area contributed by atoms with Crippen molar-refractivity contribution in [1.29, 1.82) is 0 Å². The number of benzene rings is 2. The zero-order chi connectivity index (χ0) is 25.1. The largest absolute Gasteiger partial charge is 0.454 e. The second kappa shape index (κ2) is 7.78. The van der Waals surface area contributed by atoms with E-state index in [4.69, 9.17) is 4.74 Å². The molecule has 180 valence electrons. The van der Waals surface area contributed by atoms with Crippen LogP contribution in [0.2, 0.25) is 0 Å². The molecule has 1 heterocycles. The molecular weight excluding hydrogens is 475 g/mol. The fourth-order valence-corrected chi connectivity index (χ4v) is 3.69. The molecule has 14 heteroatoms.